The highest BCUT2D eigenvalue weighted by Gasteiger charge is 2.14. The molecule has 0 aliphatic carbocycles. The van der Waals surface area contributed by atoms with Crippen LogP contribution >= 0.6 is 0 Å². The molecule has 0 heterocycles. The normalized spacial score (nSPS) is 13.7. The Balaban J connectivity index is 2.71. The zero-order valence-corrected chi connectivity index (χ0v) is 13.3. The van der Waals surface area contributed by atoms with Gasteiger partial charge in [-0.05, 0) is 31.9 Å². The van der Waals surface area contributed by atoms with Gasteiger partial charge in [0.1, 0.15) is 11.5 Å². The van der Waals surface area contributed by atoms with Crippen molar-refractivity contribution in [2.24, 2.45) is 5.92 Å². The fraction of sp³-hybridized carbons (Fsp3) is 0.562. The summed E-state index contributed by atoms with van der Waals surface area (Å²) in [5, 5.41) is 12.6. The summed E-state index contributed by atoms with van der Waals surface area (Å²) in [4.78, 5) is 11.8. The summed E-state index contributed by atoms with van der Waals surface area (Å²) < 4.78 is 10.7. The molecular weight excluding hydrogens is 270 g/mol. The maximum atomic E-state index is 11.8. The molecule has 1 aromatic carbocycles. The minimum atomic E-state index is -0.677. The van der Waals surface area contributed by atoms with Crippen LogP contribution in [0.4, 0.5) is 0 Å². The molecular formula is C16H25NO4. The highest BCUT2D eigenvalue weighted by atomic mass is 16.5. The first-order valence-electron chi connectivity index (χ1n) is 7.13. The predicted molar refractivity (Wildman–Crippen MR) is 81.6 cm³/mol. The lowest BCUT2D eigenvalue weighted by Crippen LogP contribution is -2.39. The first kappa shape index (κ1) is 17.3. The van der Waals surface area contributed by atoms with E-state index in [-0.39, 0.29) is 18.6 Å². The fourth-order valence-corrected chi connectivity index (χ4v) is 1.72. The fourth-order valence-electron chi connectivity index (χ4n) is 1.72. The summed E-state index contributed by atoms with van der Waals surface area (Å²) >= 11 is 0. The van der Waals surface area contributed by atoms with Gasteiger partial charge in [0.05, 0.1) is 13.2 Å². The first-order chi connectivity index (χ1) is 9.85. The quantitative estimate of drug-likeness (QED) is 0.810. The third-order valence-electron chi connectivity index (χ3n) is 3.42. The predicted octanol–water partition coefficient (Wildman–Crippen LogP) is 2.29. The van der Waals surface area contributed by atoms with Gasteiger partial charge in [-0.15, -0.1) is 0 Å². The number of carbonyl (C=O) groups is 1. The van der Waals surface area contributed by atoms with E-state index in [4.69, 9.17) is 9.47 Å². The van der Waals surface area contributed by atoms with Crippen LogP contribution in [0.25, 0.3) is 0 Å². The Bertz CT molecular complexity index is 471. The smallest absolute Gasteiger partial charge is 0.258 e. The summed E-state index contributed by atoms with van der Waals surface area (Å²) in [7, 11) is 1.55. The second kappa shape index (κ2) is 7.88. The lowest BCUT2D eigenvalue weighted by Gasteiger charge is -2.18. The Morgan fingerprint density at radius 2 is 1.95 bits per heavy atom. The van der Waals surface area contributed by atoms with E-state index in [1.54, 1.807) is 32.2 Å². The van der Waals surface area contributed by atoms with Crippen LogP contribution in [0.15, 0.2) is 18.2 Å². The number of carbonyl (C=O) groups excluding carboxylic acids is 1. The lowest BCUT2D eigenvalue weighted by atomic mass is 10.1. The van der Waals surface area contributed by atoms with Crippen LogP contribution in [-0.4, -0.2) is 30.8 Å². The number of aliphatic hydroxyl groups excluding tert-OH is 1. The zero-order chi connectivity index (χ0) is 16.0. The molecule has 0 aliphatic heterocycles. The van der Waals surface area contributed by atoms with E-state index < -0.39 is 6.10 Å². The van der Waals surface area contributed by atoms with Gasteiger partial charge in [-0.1, -0.05) is 13.8 Å². The van der Waals surface area contributed by atoms with Crippen LogP contribution in [0.2, 0.25) is 0 Å². The molecule has 1 amide bonds. The highest BCUT2D eigenvalue weighted by Crippen LogP contribution is 2.29. The van der Waals surface area contributed by atoms with Crippen LogP contribution in [0.3, 0.4) is 0 Å². The Morgan fingerprint density at radius 1 is 1.29 bits per heavy atom. The van der Waals surface area contributed by atoms with E-state index in [9.17, 15) is 9.90 Å². The average Bonchev–Trinajstić information content (AvgIpc) is 2.44. The van der Waals surface area contributed by atoms with E-state index in [2.05, 4.69) is 5.32 Å². The van der Waals surface area contributed by atoms with E-state index in [0.717, 1.165) is 0 Å². The molecule has 1 rings (SSSR count). The van der Waals surface area contributed by atoms with Crippen molar-refractivity contribution in [2.75, 3.05) is 13.7 Å². The lowest BCUT2D eigenvalue weighted by molar-refractivity contribution is -0.124. The Kier molecular flexibility index (Phi) is 6.49. The molecule has 5 nitrogen and oxygen atoms in total. The molecule has 1 unspecified atom stereocenters. The number of hydrogen-bond acceptors (Lipinski definition) is 4. The molecule has 0 saturated heterocycles. The monoisotopic (exact) mass is 295 g/mol. The number of nitrogens with one attached hydrogen (secondary N) is 1. The molecule has 2 atom stereocenters. The average molecular weight is 295 g/mol. The van der Waals surface area contributed by atoms with Crippen molar-refractivity contribution >= 4 is 5.91 Å². The van der Waals surface area contributed by atoms with Crippen molar-refractivity contribution < 1.29 is 19.4 Å². The number of rotatable bonds is 7. The van der Waals surface area contributed by atoms with Crippen molar-refractivity contribution in [3.05, 3.63) is 23.8 Å². The van der Waals surface area contributed by atoms with Crippen molar-refractivity contribution in [1.29, 1.82) is 0 Å². The minimum Gasteiger partial charge on any atom is -0.497 e. The van der Waals surface area contributed by atoms with Gasteiger partial charge in [0, 0.05) is 17.7 Å². The van der Waals surface area contributed by atoms with Gasteiger partial charge in [0.15, 0.2) is 6.61 Å². The number of ether oxygens (including phenoxy) is 2. The topological polar surface area (TPSA) is 67.8 Å². The number of aliphatic hydroxyl groups is 1. The molecule has 0 bridgehead atoms. The maximum absolute atomic E-state index is 11.8. The summed E-state index contributed by atoms with van der Waals surface area (Å²) in [6, 6.07) is 5.23. The van der Waals surface area contributed by atoms with Gasteiger partial charge in [-0.25, -0.2) is 0 Å². The van der Waals surface area contributed by atoms with E-state index in [1.165, 1.54) is 0 Å². The van der Waals surface area contributed by atoms with Gasteiger partial charge in [-0.3, -0.25) is 4.79 Å². The van der Waals surface area contributed by atoms with Crippen molar-refractivity contribution in [3.8, 4) is 11.5 Å². The van der Waals surface area contributed by atoms with Gasteiger partial charge >= 0.3 is 0 Å². The zero-order valence-electron chi connectivity index (χ0n) is 13.3. The number of benzene rings is 1. The summed E-state index contributed by atoms with van der Waals surface area (Å²) in [6.45, 7) is 7.59. The van der Waals surface area contributed by atoms with E-state index >= 15 is 0 Å². The van der Waals surface area contributed by atoms with Crippen LogP contribution in [0.1, 0.15) is 39.4 Å². The van der Waals surface area contributed by atoms with Gasteiger partial charge in [0.2, 0.25) is 0 Å². The van der Waals surface area contributed by atoms with Crippen LogP contribution in [0.5, 0.6) is 11.5 Å². The third-order valence-corrected chi connectivity index (χ3v) is 3.42. The largest absolute Gasteiger partial charge is 0.497 e. The van der Waals surface area contributed by atoms with Gasteiger partial charge in [-0.2, -0.15) is 0 Å². The molecule has 2 N–H and O–H groups in total. The van der Waals surface area contributed by atoms with Crippen molar-refractivity contribution in [2.45, 2.75) is 39.8 Å². The molecule has 0 aromatic heterocycles. The number of methoxy groups -OCH3 is 1. The first-order valence-corrected chi connectivity index (χ1v) is 7.13. The van der Waals surface area contributed by atoms with Crippen LogP contribution in [-0.2, 0) is 4.79 Å². The van der Waals surface area contributed by atoms with Crippen LogP contribution < -0.4 is 14.8 Å². The summed E-state index contributed by atoms with van der Waals surface area (Å²) in [5.74, 6) is 1.25. The van der Waals surface area contributed by atoms with Crippen LogP contribution in [0, 0.1) is 5.92 Å². The second-order valence-corrected chi connectivity index (χ2v) is 5.47. The summed E-state index contributed by atoms with van der Waals surface area (Å²) in [5.41, 5.74) is 0.625. The Morgan fingerprint density at radius 3 is 2.48 bits per heavy atom. The number of hydrogen-bond donors (Lipinski definition) is 2. The summed E-state index contributed by atoms with van der Waals surface area (Å²) in [6.07, 6.45) is -0.677. The van der Waals surface area contributed by atoms with Crippen molar-refractivity contribution in [3.63, 3.8) is 0 Å². The van der Waals surface area contributed by atoms with E-state index in [0.29, 0.717) is 23.0 Å². The molecule has 0 radical (unpaired) electrons. The Labute approximate surface area is 126 Å². The third kappa shape index (κ3) is 5.27. The minimum absolute atomic E-state index is 0.0858. The molecule has 118 valence electrons. The SMILES string of the molecule is COc1ccc([C@H](C)O)c(OCC(=O)NC(C)C(C)C)c1. The standard InChI is InChI=1S/C16H25NO4/c1-10(2)11(3)17-16(19)9-21-15-8-13(20-5)6-7-14(15)12(4)18/h6-8,10-12,18H,9H2,1-5H3,(H,17,19)/t11?,12-/m0/s1. The molecule has 0 spiro atoms. The molecule has 0 saturated carbocycles. The molecule has 5 heteroatoms. The second-order valence-electron chi connectivity index (χ2n) is 5.47. The van der Waals surface area contributed by atoms with Gasteiger partial charge in [0.25, 0.3) is 5.91 Å². The van der Waals surface area contributed by atoms with E-state index in [1.807, 2.05) is 20.8 Å². The highest BCUT2D eigenvalue weighted by molar-refractivity contribution is 5.77. The van der Waals surface area contributed by atoms with Crippen molar-refractivity contribution in [1.82, 2.24) is 5.32 Å². The molecule has 0 fully saturated rings. The molecule has 1 aromatic rings. The Hall–Kier alpha value is -1.75. The molecule has 0 aliphatic rings. The molecule has 21 heavy (non-hydrogen) atoms. The van der Waals surface area contributed by atoms with Gasteiger partial charge < -0.3 is 19.9 Å². The maximum Gasteiger partial charge on any atom is 0.258 e. The number of amides is 1.